The Morgan fingerprint density at radius 1 is 1.14 bits per heavy atom. The highest BCUT2D eigenvalue weighted by Crippen LogP contribution is 2.22. The summed E-state index contributed by atoms with van der Waals surface area (Å²) in [6.07, 6.45) is 1.97. The summed E-state index contributed by atoms with van der Waals surface area (Å²) in [6.45, 7) is 2.73. The van der Waals surface area contributed by atoms with Crippen LogP contribution in [0.2, 0.25) is 5.02 Å². The van der Waals surface area contributed by atoms with Gasteiger partial charge in [-0.05, 0) is 30.7 Å². The number of nitrogens with zero attached hydrogens (tertiary/aromatic N) is 3. The van der Waals surface area contributed by atoms with Crippen LogP contribution in [0.3, 0.4) is 0 Å². The molecule has 0 saturated carbocycles. The average Bonchev–Trinajstić information content (AvgIpc) is 2.81. The molecule has 4 nitrogen and oxygen atoms in total. The predicted octanol–water partition coefficient (Wildman–Crippen LogP) is 3.67. The fourth-order valence-electron chi connectivity index (χ4n) is 2.48. The largest absolute Gasteiger partial charge is 0.384 e. The van der Waals surface area contributed by atoms with E-state index in [0.717, 1.165) is 35.4 Å². The third-order valence-electron chi connectivity index (χ3n) is 3.46. The zero-order valence-corrected chi connectivity index (χ0v) is 12.6. The molecule has 0 amide bonds. The van der Waals surface area contributed by atoms with Gasteiger partial charge in [-0.2, -0.15) is 0 Å². The summed E-state index contributed by atoms with van der Waals surface area (Å²) in [5.74, 6) is 1.54. The van der Waals surface area contributed by atoms with Crippen molar-refractivity contribution in [3.63, 3.8) is 0 Å². The van der Waals surface area contributed by atoms with Crippen molar-refractivity contribution in [2.24, 2.45) is 0 Å². The number of benzene rings is 1. The summed E-state index contributed by atoms with van der Waals surface area (Å²) in [5.41, 5.74) is 8.65. The van der Waals surface area contributed by atoms with Crippen LogP contribution < -0.4 is 5.73 Å². The number of halogens is 1. The van der Waals surface area contributed by atoms with Gasteiger partial charge in [0.25, 0.3) is 0 Å². The maximum absolute atomic E-state index is 6.24. The number of hydrogen-bond acceptors (Lipinski definition) is 3. The minimum atomic E-state index is 0.482. The number of pyridine rings is 1. The van der Waals surface area contributed by atoms with Crippen molar-refractivity contribution in [2.45, 2.75) is 26.3 Å². The molecule has 2 N–H and O–H groups in total. The molecule has 0 saturated heterocycles. The molecular formula is C16H17ClN4. The minimum Gasteiger partial charge on any atom is -0.384 e. The molecule has 1 aromatic carbocycles. The molecule has 0 bridgehead atoms. The number of nitrogens with two attached hydrogens (primary N) is 1. The molecule has 3 rings (SSSR count). The molecule has 3 aromatic rings. The van der Waals surface area contributed by atoms with Crippen molar-refractivity contribution in [3.8, 4) is 0 Å². The highest BCUT2D eigenvalue weighted by atomic mass is 35.5. The zero-order chi connectivity index (χ0) is 14.8. The van der Waals surface area contributed by atoms with Gasteiger partial charge in [-0.3, -0.25) is 0 Å². The van der Waals surface area contributed by atoms with E-state index in [2.05, 4.69) is 22.5 Å². The van der Waals surface area contributed by atoms with Gasteiger partial charge in [0.15, 0.2) is 0 Å². The zero-order valence-electron chi connectivity index (χ0n) is 11.9. The summed E-state index contributed by atoms with van der Waals surface area (Å²) in [7, 11) is 0. The Morgan fingerprint density at radius 2 is 1.95 bits per heavy atom. The SMILES string of the molecule is CCCc1nc2ccccc2n1Cc1nc(N)ccc1Cl. The number of rotatable bonds is 4. The summed E-state index contributed by atoms with van der Waals surface area (Å²) in [6, 6.07) is 11.6. The van der Waals surface area contributed by atoms with Gasteiger partial charge in [0.2, 0.25) is 0 Å². The Balaban J connectivity index is 2.10. The smallest absolute Gasteiger partial charge is 0.123 e. The first-order valence-electron chi connectivity index (χ1n) is 7.04. The number of aryl methyl sites for hydroxylation is 1. The normalized spacial score (nSPS) is 11.1. The van der Waals surface area contributed by atoms with Crippen LogP contribution >= 0.6 is 11.6 Å². The van der Waals surface area contributed by atoms with E-state index >= 15 is 0 Å². The Hall–Kier alpha value is -2.07. The number of para-hydroxylation sites is 2. The Kier molecular flexibility index (Phi) is 3.80. The first-order chi connectivity index (χ1) is 10.2. The number of anilines is 1. The van der Waals surface area contributed by atoms with Crippen LogP contribution in [0, 0.1) is 0 Å². The van der Waals surface area contributed by atoms with E-state index in [0.29, 0.717) is 17.4 Å². The molecule has 21 heavy (non-hydrogen) atoms. The van der Waals surface area contributed by atoms with E-state index in [4.69, 9.17) is 22.3 Å². The molecule has 0 aliphatic rings. The summed E-state index contributed by atoms with van der Waals surface area (Å²) < 4.78 is 2.17. The molecule has 2 aromatic heterocycles. The van der Waals surface area contributed by atoms with E-state index in [1.165, 1.54) is 0 Å². The van der Waals surface area contributed by atoms with Crippen molar-refractivity contribution in [3.05, 3.63) is 52.9 Å². The third kappa shape index (κ3) is 2.72. The quantitative estimate of drug-likeness (QED) is 0.800. The molecule has 2 heterocycles. The van der Waals surface area contributed by atoms with Gasteiger partial charge in [-0.1, -0.05) is 30.7 Å². The molecule has 0 radical (unpaired) electrons. The molecule has 108 valence electrons. The monoisotopic (exact) mass is 300 g/mol. The minimum absolute atomic E-state index is 0.482. The van der Waals surface area contributed by atoms with Crippen molar-refractivity contribution in [2.75, 3.05) is 5.73 Å². The molecule has 0 unspecified atom stereocenters. The number of hydrogen-bond donors (Lipinski definition) is 1. The fraction of sp³-hybridized carbons (Fsp3) is 0.250. The topological polar surface area (TPSA) is 56.7 Å². The van der Waals surface area contributed by atoms with E-state index < -0.39 is 0 Å². The van der Waals surface area contributed by atoms with Crippen LogP contribution in [0.5, 0.6) is 0 Å². The van der Waals surface area contributed by atoms with Crippen LogP contribution in [-0.2, 0) is 13.0 Å². The summed E-state index contributed by atoms with van der Waals surface area (Å²) >= 11 is 6.24. The van der Waals surface area contributed by atoms with Crippen LogP contribution in [0.15, 0.2) is 36.4 Å². The number of fused-ring (bicyclic) bond motifs is 1. The number of imidazole rings is 1. The average molecular weight is 301 g/mol. The Labute approximate surface area is 128 Å². The van der Waals surface area contributed by atoms with Crippen molar-refractivity contribution in [1.82, 2.24) is 14.5 Å². The highest BCUT2D eigenvalue weighted by molar-refractivity contribution is 6.31. The first-order valence-corrected chi connectivity index (χ1v) is 7.42. The molecule has 0 aliphatic heterocycles. The Morgan fingerprint density at radius 3 is 2.76 bits per heavy atom. The van der Waals surface area contributed by atoms with Crippen molar-refractivity contribution < 1.29 is 0 Å². The van der Waals surface area contributed by atoms with Crippen molar-refractivity contribution >= 4 is 28.5 Å². The lowest BCUT2D eigenvalue weighted by Gasteiger charge is -2.10. The fourth-order valence-corrected chi connectivity index (χ4v) is 2.64. The second kappa shape index (κ2) is 5.74. The molecule has 5 heteroatoms. The van der Waals surface area contributed by atoms with Gasteiger partial charge in [-0.25, -0.2) is 9.97 Å². The van der Waals surface area contributed by atoms with E-state index in [-0.39, 0.29) is 0 Å². The summed E-state index contributed by atoms with van der Waals surface area (Å²) in [5, 5.41) is 0.629. The third-order valence-corrected chi connectivity index (χ3v) is 3.80. The highest BCUT2D eigenvalue weighted by Gasteiger charge is 2.12. The lowest BCUT2D eigenvalue weighted by Crippen LogP contribution is -2.08. The molecule has 0 aliphatic carbocycles. The summed E-state index contributed by atoms with van der Waals surface area (Å²) in [4.78, 5) is 9.06. The standard InChI is InChI=1S/C16H17ClN4/c1-2-5-16-20-12-6-3-4-7-14(12)21(16)10-13-11(17)8-9-15(18)19-13/h3-4,6-9H,2,5,10H2,1H3,(H2,18,19). The van der Waals surface area contributed by atoms with E-state index in [1.54, 1.807) is 12.1 Å². The maximum Gasteiger partial charge on any atom is 0.123 e. The van der Waals surface area contributed by atoms with Gasteiger partial charge < -0.3 is 10.3 Å². The lowest BCUT2D eigenvalue weighted by molar-refractivity contribution is 0.710. The molecule has 0 fully saturated rings. The van der Waals surface area contributed by atoms with E-state index in [9.17, 15) is 0 Å². The van der Waals surface area contributed by atoms with Crippen molar-refractivity contribution in [1.29, 1.82) is 0 Å². The Bertz CT molecular complexity index is 779. The van der Waals surface area contributed by atoms with Gasteiger partial charge in [0.1, 0.15) is 11.6 Å². The van der Waals surface area contributed by atoms with E-state index in [1.807, 2.05) is 18.2 Å². The van der Waals surface area contributed by atoms with Crippen LogP contribution in [0.25, 0.3) is 11.0 Å². The number of aromatic nitrogens is 3. The second-order valence-corrected chi connectivity index (χ2v) is 5.42. The second-order valence-electron chi connectivity index (χ2n) is 5.02. The molecular weight excluding hydrogens is 284 g/mol. The first kappa shape index (κ1) is 13.9. The number of nitrogen functional groups attached to an aromatic ring is 1. The van der Waals surface area contributed by atoms with Crippen LogP contribution in [0.4, 0.5) is 5.82 Å². The lowest BCUT2D eigenvalue weighted by atomic mass is 10.3. The maximum atomic E-state index is 6.24. The molecule has 0 atom stereocenters. The molecule has 0 spiro atoms. The van der Waals surface area contributed by atoms with Gasteiger partial charge >= 0.3 is 0 Å². The van der Waals surface area contributed by atoms with Gasteiger partial charge in [0, 0.05) is 6.42 Å². The predicted molar refractivity (Wildman–Crippen MR) is 86.5 cm³/mol. The van der Waals surface area contributed by atoms with Crippen LogP contribution in [-0.4, -0.2) is 14.5 Å². The van der Waals surface area contributed by atoms with Gasteiger partial charge in [-0.15, -0.1) is 0 Å². The van der Waals surface area contributed by atoms with Gasteiger partial charge in [0.05, 0.1) is 28.3 Å². The van der Waals surface area contributed by atoms with Crippen LogP contribution in [0.1, 0.15) is 24.9 Å².